The van der Waals surface area contributed by atoms with E-state index < -0.39 is 0 Å². The van der Waals surface area contributed by atoms with E-state index in [0.717, 1.165) is 31.2 Å². The minimum atomic E-state index is 0.209. The molecule has 2 atom stereocenters. The smallest absolute Gasteiger partial charge is 0.221 e. The Morgan fingerprint density at radius 3 is 3.19 bits per heavy atom. The molecular formula is C11H20N2OS2. The van der Waals surface area contributed by atoms with Gasteiger partial charge in [-0.1, -0.05) is 0 Å². The summed E-state index contributed by atoms with van der Waals surface area (Å²) in [6, 6.07) is 0.398. The van der Waals surface area contributed by atoms with E-state index >= 15 is 0 Å². The molecule has 0 aromatic heterocycles. The fourth-order valence-electron chi connectivity index (χ4n) is 2.10. The molecule has 3 nitrogen and oxygen atoms in total. The van der Waals surface area contributed by atoms with Crippen LogP contribution in [0.5, 0.6) is 0 Å². The SMILES string of the molecule is O=C1CC(NCC2CSCCS2)CCCN1. The third kappa shape index (κ3) is 4.18. The van der Waals surface area contributed by atoms with E-state index in [-0.39, 0.29) is 5.91 Å². The topological polar surface area (TPSA) is 41.1 Å². The predicted octanol–water partition coefficient (Wildman–Crippen LogP) is 1.09. The number of carbonyl (C=O) groups is 1. The van der Waals surface area contributed by atoms with Crippen LogP contribution in [0.15, 0.2) is 0 Å². The molecule has 0 saturated carbocycles. The van der Waals surface area contributed by atoms with Gasteiger partial charge in [-0.05, 0) is 12.8 Å². The van der Waals surface area contributed by atoms with Crippen LogP contribution in [0.3, 0.4) is 0 Å². The Hall–Kier alpha value is 0.130. The number of rotatable bonds is 3. The first kappa shape index (κ1) is 12.6. The van der Waals surface area contributed by atoms with E-state index in [9.17, 15) is 4.79 Å². The first-order valence-corrected chi connectivity index (χ1v) is 8.24. The van der Waals surface area contributed by atoms with Crippen molar-refractivity contribution in [1.82, 2.24) is 10.6 Å². The maximum Gasteiger partial charge on any atom is 0.221 e. The molecule has 0 aliphatic carbocycles. The quantitative estimate of drug-likeness (QED) is 0.797. The molecule has 92 valence electrons. The third-order valence-electron chi connectivity index (χ3n) is 3.00. The summed E-state index contributed by atoms with van der Waals surface area (Å²) in [6.45, 7) is 1.92. The van der Waals surface area contributed by atoms with Crippen LogP contribution in [0.2, 0.25) is 0 Å². The molecule has 2 fully saturated rings. The number of thioether (sulfide) groups is 2. The molecule has 0 spiro atoms. The van der Waals surface area contributed by atoms with Crippen LogP contribution in [0.4, 0.5) is 0 Å². The third-order valence-corrected chi connectivity index (χ3v) is 5.85. The van der Waals surface area contributed by atoms with E-state index in [4.69, 9.17) is 0 Å². The maximum absolute atomic E-state index is 11.4. The van der Waals surface area contributed by atoms with Gasteiger partial charge in [0.25, 0.3) is 0 Å². The average Bonchev–Trinajstić information content (AvgIpc) is 2.52. The number of nitrogens with one attached hydrogen (secondary N) is 2. The highest BCUT2D eigenvalue weighted by molar-refractivity contribution is 8.06. The summed E-state index contributed by atoms with van der Waals surface area (Å²) in [5, 5.41) is 7.23. The molecule has 1 amide bonds. The number of carbonyl (C=O) groups excluding carboxylic acids is 1. The Morgan fingerprint density at radius 1 is 1.44 bits per heavy atom. The number of hydrogen-bond donors (Lipinski definition) is 2. The van der Waals surface area contributed by atoms with Crippen LogP contribution in [0, 0.1) is 0 Å². The van der Waals surface area contributed by atoms with Crippen LogP contribution in [-0.2, 0) is 4.79 Å². The maximum atomic E-state index is 11.4. The number of amides is 1. The van der Waals surface area contributed by atoms with Crippen molar-refractivity contribution in [1.29, 1.82) is 0 Å². The molecular weight excluding hydrogens is 240 g/mol. The zero-order chi connectivity index (χ0) is 11.2. The van der Waals surface area contributed by atoms with Crippen molar-refractivity contribution >= 4 is 29.4 Å². The molecule has 0 aromatic rings. The van der Waals surface area contributed by atoms with Crippen LogP contribution in [0.25, 0.3) is 0 Å². The van der Waals surface area contributed by atoms with Crippen molar-refractivity contribution in [3.8, 4) is 0 Å². The van der Waals surface area contributed by atoms with Crippen molar-refractivity contribution in [3.63, 3.8) is 0 Å². The highest BCUT2D eigenvalue weighted by Crippen LogP contribution is 2.23. The molecule has 2 N–H and O–H groups in total. The highest BCUT2D eigenvalue weighted by Gasteiger charge is 2.19. The molecule has 5 heteroatoms. The second-order valence-corrected chi connectivity index (χ2v) is 6.93. The number of hydrogen-bond acceptors (Lipinski definition) is 4. The van der Waals surface area contributed by atoms with Gasteiger partial charge in [0.15, 0.2) is 0 Å². The van der Waals surface area contributed by atoms with Crippen molar-refractivity contribution < 1.29 is 4.79 Å². The molecule has 0 radical (unpaired) electrons. The lowest BCUT2D eigenvalue weighted by molar-refractivity contribution is -0.121. The fourth-order valence-corrected chi connectivity index (χ4v) is 4.73. The standard InChI is InChI=1S/C11H20N2OS2/c14-11-6-9(2-1-3-12-11)13-7-10-8-15-4-5-16-10/h9-10,13H,1-8H2,(H,12,14). The van der Waals surface area contributed by atoms with Gasteiger partial charge in [0.1, 0.15) is 0 Å². The van der Waals surface area contributed by atoms with Gasteiger partial charge in [0.05, 0.1) is 0 Å². The van der Waals surface area contributed by atoms with Gasteiger partial charge in [-0.3, -0.25) is 4.79 Å². The van der Waals surface area contributed by atoms with Crippen molar-refractivity contribution in [3.05, 3.63) is 0 Å². The average molecular weight is 260 g/mol. The molecule has 16 heavy (non-hydrogen) atoms. The zero-order valence-corrected chi connectivity index (χ0v) is 11.2. The molecule has 0 aromatic carbocycles. The van der Waals surface area contributed by atoms with Gasteiger partial charge in [-0.25, -0.2) is 0 Å². The summed E-state index contributed by atoms with van der Waals surface area (Å²) in [7, 11) is 0. The Morgan fingerprint density at radius 2 is 2.38 bits per heavy atom. The van der Waals surface area contributed by atoms with Gasteiger partial charge in [0.2, 0.25) is 5.91 Å². The molecule has 2 rings (SSSR count). The van der Waals surface area contributed by atoms with E-state index in [2.05, 4.69) is 34.2 Å². The zero-order valence-electron chi connectivity index (χ0n) is 9.54. The van der Waals surface area contributed by atoms with Crippen molar-refractivity contribution in [2.75, 3.05) is 30.3 Å². The predicted molar refractivity (Wildman–Crippen MR) is 72.2 cm³/mol. The van der Waals surface area contributed by atoms with Gasteiger partial charge in [-0.15, -0.1) is 0 Å². The first-order valence-electron chi connectivity index (χ1n) is 6.04. The second-order valence-electron chi connectivity index (χ2n) is 4.37. The van der Waals surface area contributed by atoms with Crippen LogP contribution >= 0.6 is 23.5 Å². The summed E-state index contributed by atoms with van der Waals surface area (Å²) in [5.74, 6) is 4.05. The van der Waals surface area contributed by atoms with Crippen LogP contribution < -0.4 is 10.6 Å². The van der Waals surface area contributed by atoms with Crippen molar-refractivity contribution in [2.45, 2.75) is 30.6 Å². The Labute approximate surface area is 106 Å². The summed E-state index contributed by atoms with van der Waals surface area (Å²) < 4.78 is 0. The molecule has 0 bridgehead atoms. The van der Waals surface area contributed by atoms with E-state index in [1.807, 2.05) is 0 Å². The molecule has 2 aliphatic heterocycles. The Balaban J connectivity index is 1.69. The minimum Gasteiger partial charge on any atom is -0.356 e. The summed E-state index contributed by atoms with van der Waals surface area (Å²) in [4.78, 5) is 11.4. The van der Waals surface area contributed by atoms with Gasteiger partial charge in [0, 0.05) is 48.1 Å². The van der Waals surface area contributed by atoms with Crippen LogP contribution in [0.1, 0.15) is 19.3 Å². The Bertz CT molecular complexity index is 232. The van der Waals surface area contributed by atoms with E-state index in [1.54, 1.807) is 0 Å². The first-order chi connectivity index (χ1) is 7.84. The minimum absolute atomic E-state index is 0.209. The second kappa shape index (κ2) is 6.77. The van der Waals surface area contributed by atoms with Gasteiger partial charge in [-0.2, -0.15) is 23.5 Å². The lowest BCUT2D eigenvalue weighted by Gasteiger charge is -2.24. The molecule has 2 heterocycles. The van der Waals surface area contributed by atoms with Gasteiger partial charge < -0.3 is 10.6 Å². The molecule has 2 unspecified atom stereocenters. The van der Waals surface area contributed by atoms with Gasteiger partial charge >= 0.3 is 0 Å². The van der Waals surface area contributed by atoms with E-state index in [1.165, 1.54) is 17.3 Å². The molecule has 2 saturated heterocycles. The van der Waals surface area contributed by atoms with Crippen molar-refractivity contribution in [2.24, 2.45) is 0 Å². The highest BCUT2D eigenvalue weighted by atomic mass is 32.2. The monoisotopic (exact) mass is 260 g/mol. The normalized spacial score (nSPS) is 31.9. The Kier molecular flexibility index (Phi) is 5.32. The lowest BCUT2D eigenvalue weighted by Crippen LogP contribution is -2.38. The van der Waals surface area contributed by atoms with E-state index in [0.29, 0.717) is 12.5 Å². The summed E-state index contributed by atoms with van der Waals surface area (Å²) in [5.41, 5.74) is 0. The summed E-state index contributed by atoms with van der Waals surface area (Å²) in [6.07, 6.45) is 2.89. The lowest BCUT2D eigenvalue weighted by atomic mass is 10.1. The molecule has 2 aliphatic rings. The largest absolute Gasteiger partial charge is 0.356 e. The summed E-state index contributed by atoms with van der Waals surface area (Å²) >= 11 is 4.13. The fraction of sp³-hybridized carbons (Fsp3) is 0.909. The van der Waals surface area contributed by atoms with Crippen LogP contribution in [-0.4, -0.2) is 47.5 Å².